The number of ether oxygens (including phenoxy) is 1. The van der Waals surface area contributed by atoms with Crippen molar-refractivity contribution < 1.29 is 29.0 Å². The highest BCUT2D eigenvalue weighted by Gasteiger charge is 2.71. The zero-order valence-corrected chi connectivity index (χ0v) is 32.4. The number of piperazine rings is 1. The summed E-state index contributed by atoms with van der Waals surface area (Å²) in [7, 11) is 0. The second-order valence-corrected chi connectivity index (χ2v) is 20.1. The molecule has 0 aromatic rings. The van der Waals surface area contributed by atoms with Crippen LogP contribution < -0.4 is 5.32 Å². The normalized spacial score (nSPS) is 42.2. The van der Waals surface area contributed by atoms with Gasteiger partial charge in [0.15, 0.2) is 0 Å². The third kappa shape index (κ3) is 5.94. The fourth-order valence-electron chi connectivity index (χ4n) is 14.1. The molecule has 5 aliphatic carbocycles. The van der Waals surface area contributed by atoms with Gasteiger partial charge in [-0.1, -0.05) is 60.6 Å². The molecule has 0 unspecified atom stereocenters. The van der Waals surface area contributed by atoms with Crippen molar-refractivity contribution in [2.24, 2.45) is 62.1 Å². The second kappa shape index (κ2) is 12.6. The highest BCUT2D eigenvalue weighted by atomic mass is 16.5. The third-order valence-corrected chi connectivity index (χ3v) is 16.6. The van der Waals surface area contributed by atoms with Crippen molar-refractivity contribution in [3.8, 4) is 0 Å². The maximum atomic E-state index is 13.9. The number of aliphatic carboxylic acids is 1. The number of esters is 1. The van der Waals surface area contributed by atoms with Gasteiger partial charge < -0.3 is 20.1 Å². The zero-order valence-electron chi connectivity index (χ0n) is 32.4. The molecule has 6 rings (SSSR count). The van der Waals surface area contributed by atoms with Gasteiger partial charge in [0.1, 0.15) is 6.10 Å². The topological polar surface area (TPSA) is 113 Å². The molecule has 2 N–H and O–H groups in total. The van der Waals surface area contributed by atoms with E-state index in [0.717, 1.165) is 44.9 Å². The SMILES string of the molecule is C=C(C)[C@@H]1CC[C@]2(CC(=O)N3CCNC(=O)C3)CC[C@]3(C)[C@H](CC[C@@H]4[C@@]5(C)CC[C@H](OC(=O)CC(C)(C)CC(=O)O)C(C)(C)[C@@H]5CC[C@]43C)[C@@H]12. The van der Waals surface area contributed by atoms with Gasteiger partial charge in [0.2, 0.25) is 11.8 Å². The van der Waals surface area contributed by atoms with Crippen molar-refractivity contribution in [1.82, 2.24) is 10.2 Å². The Labute approximate surface area is 301 Å². The molecule has 280 valence electrons. The first kappa shape index (κ1) is 37.4. The van der Waals surface area contributed by atoms with Crippen molar-refractivity contribution in [3.05, 3.63) is 12.2 Å². The Morgan fingerprint density at radius 2 is 1.64 bits per heavy atom. The molecule has 6 fully saturated rings. The summed E-state index contributed by atoms with van der Waals surface area (Å²) in [5.41, 5.74) is 0.898. The Morgan fingerprint density at radius 3 is 2.30 bits per heavy atom. The number of nitrogens with one attached hydrogen (secondary N) is 1. The zero-order chi connectivity index (χ0) is 36.7. The molecule has 1 aliphatic heterocycles. The standard InChI is InChI=1S/C42H66N2O6/c1-26(2)27-12-17-42(22-33(46)44-21-20-43-32(45)25-44)19-18-40(8)28(36(27)42)10-11-30-39(7)15-14-31(38(5,6)29(39)13-16-41(30,40)9)50-35(49)24-37(3,4)23-34(47)48/h27-31,36H,1,10-25H2,2-9H3,(H,43,45)(H,47,48)/t27-,28+,29-,30+,31-,36+,39-,40+,41+,42+/m0/s1. The van der Waals surface area contributed by atoms with Gasteiger partial charge in [-0.2, -0.15) is 0 Å². The van der Waals surface area contributed by atoms with Crippen LogP contribution in [0.2, 0.25) is 0 Å². The highest BCUT2D eigenvalue weighted by molar-refractivity contribution is 5.86. The Hall–Kier alpha value is -2.38. The maximum Gasteiger partial charge on any atom is 0.306 e. The molecule has 1 heterocycles. The van der Waals surface area contributed by atoms with Crippen LogP contribution in [0.3, 0.4) is 0 Å². The number of carboxylic acid groups (broad SMARTS) is 1. The van der Waals surface area contributed by atoms with E-state index < -0.39 is 11.4 Å². The number of hydrogen-bond acceptors (Lipinski definition) is 5. The molecule has 2 amide bonds. The smallest absolute Gasteiger partial charge is 0.306 e. The number of rotatable bonds is 8. The fraction of sp³-hybridized carbons (Fsp3) is 0.857. The predicted molar refractivity (Wildman–Crippen MR) is 194 cm³/mol. The second-order valence-electron chi connectivity index (χ2n) is 20.1. The Kier molecular flexibility index (Phi) is 9.45. The average molecular weight is 695 g/mol. The predicted octanol–water partition coefficient (Wildman–Crippen LogP) is 7.80. The monoisotopic (exact) mass is 694 g/mol. The van der Waals surface area contributed by atoms with Crippen molar-refractivity contribution in [1.29, 1.82) is 0 Å². The van der Waals surface area contributed by atoms with Crippen molar-refractivity contribution in [2.75, 3.05) is 19.6 Å². The number of hydrogen-bond donors (Lipinski definition) is 2. The molecular formula is C42H66N2O6. The van der Waals surface area contributed by atoms with Crippen molar-refractivity contribution in [2.45, 2.75) is 145 Å². The quantitative estimate of drug-likeness (QED) is 0.198. The molecule has 0 aromatic heterocycles. The van der Waals surface area contributed by atoms with Gasteiger partial charge in [0.25, 0.3) is 0 Å². The Balaban J connectivity index is 1.23. The van der Waals surface area contributed by atoms with Crippen molar-refractivity contribution in [3.63, 3.8) is 0 Å². The highest BCUT2D eigenvalue weighted by Crippen LogP contribution is 2.78. The van der Waals surface area contributed by atoms with E-state index in [-0.39, 0.29) is 70.3 Å². The number of allylic oxidation sites excluding steroid dienone is 1. The van der Waals surface area contributed by atoms with Crippen LogP contribution >= 0.6 is 0 Å². The van der Waals surface area contributed by atoms with Crippen LogP contribution in [0, 0.1) is 62.1 Å². The lowest BCUT2D eigenvalue weighted by atomic mass is 9.32. The molecule has 8 nitrogen and oxygen atoms in total. The summed E-state index contributed by atoms with van der Waals surface area (Å²) >= 11 is 0. The van der Waals surface area contributed by atoms with E-state index in [0.29, 0.717) is 49.1 Å². The van der Waals surface area contributed by atoms with E-state index >= 15 is 0 Å². The lowest BCUT2D eigenvalue weighted by Crippen LogP contribution is -2.67. The van der Waals surface area contributed by atoms with E-state index in [1.54, 1.807) is 4.90 Å². The van der Waals surface area contributed by atoms with Crippen LogP contribution in [-0.2, 0) is 23.9 Å². The van der Waals surface area contributed by atoms with E-state index in [2.05, 4.69) is 53.4 Å². The van der Waals surface area contributed by atoms with Crippen LogP contribution in [-0.4, -0.2) is 59.5 Å². The van der Waals surface area contributed by atoms with Gasteiger partial charge in [-0.15, -0.1) is 0 Å². The number of carboxylic acids is 1. The largest absolute Gasteiger partial charge is 0.481 e. The van der Waals surface area contributed by atoms with Gasteiger partial charge in [-0.25, -0.2) is 0 Å². The van der Waals surface area contributed by atoms with Crippen molar-refractivity contribution >= 4 is 23.8 Å². The molecule has 6 aliphatic rings. The number of carbonyl (C=O) groups is 4. The molecular weight excluding hydrogens is 628 g/mol. The Bertz CT molecular complexity index is 1420. The van der Waals surface area contributed by atoms with Gasteiger partial charge in [-0.05, 0) is 128 Å². The first-order valence-corrected chi connectivity index (χ1v) is 19.8. The summed E-state index contributed by atoms with van der Waals surface area (Å²) in [4.78, 5) is 52.5. The minimum atomic E-state index is -0.890. The molecule has 1 saturated heterocycles. The first-order chi connectivity index (χ1) is 23.2. The average Bonchev–Trinajstić information content (AvgIpc) is 3.37. The lowest BCUT2D eigenvalue weighted by Gasteiger charge is -2.73. The van der Waals surface area contributed by atoms with E-state index in [1.807, 2.05) is 13.8 Å². The number of nitrogens with zero attached hydrogens (tertiary/aromatic N) is 1. The number of fused-ring (bicyclic) bond motifs is 7. The minimum Gasteiger partial charge on any atom is -0.481 e. The van der Waals surface area contributed by atoms with E-state index in [9.17, 15) is 24.3 Å². The van der Waals surface area contributed by atoms with Gasteiger partial charge in [-0.3, -0.25) is 19.2 Å². The summed E-state index contributed by atoms with van der Waals surface area (Å²) in [5.74, 6) is 1.38. The summed E-state index contributed by atoms with van der Waals surface area (Å²) in [5, 5.41) is 12.2. The summed E-state index contributed by atoms with van der Waals surface area (Å²) in [6, 6.07) is 0. The fourth-order valence-corrected chi connectivity index (χ4v) is 14.1. The van der Waals surface area contributed by atoms with Crippen LogP contribution in [0.25, 0.3) is 0 Å². The molecule has 8 heteroatoms. The summed E-state index contributed by atoms with van der Waals surface area (Å²) < 4.78 is 6.27. The minimum absolute atomic E-state index is 0.0218. The molecule has 0 spiro atoms. The summed E-state index contributed by atoms with van der Waals surface area (Å²) in [6.07, 6.45) is 11.4. The van der Waals surface area contributed by atoms with Gasteiger partial charge >= 0.3 is 11.9 Å². The first-order valence-electron chi connectivity index (χ1n) is 19.8. The maximum absolute atomic E-state index is 13.9. The molecule has 0 aromatic carbocycles. The molecule has 0 bridgehead atoms. The third-order valence-electron chi connectivity index (χ3n) is 16.6. The van der Waals surface area contributed by atoms with E-state index in [4.69, 9.17) is 4.74 Å². The van der Waals surface area contributed by atoms with Gasteiger partial charge in [0, 0.05) is 24.9 Å². The van der Waals surface area contributed by atoms with Gasteiger partial charge in [0.05, 0.1) is 19.4 Å². The van der Waals surface area contributed by atoms with Crippen LogP contribution in [0.5, 0.6) is 0 Å². The summed E-state index contributed by atoms with van der Waals surface area (Å²) in [6.45, 7) is 24.2. The molecule has 10 atom stereocenters. The van der Waals surface area contributed by atoms with E-state index in [1.165, 1.54) is 24.8 Å². The lowest BCUT2D eigenvalue weighted by molar-refractivity contribution is -0.250. The molecule has 5 saturated carbocycles. The Morgan fingerprint density at radius 1 is 0.920 bits per heavy atom. The molecule has 50 heavy (non-hydrogen) atoms. The van der Waals surface area contributed by atoms with Crippen LogP contribution in [0.15, 0.2) is 12.2 Å². The molecule has 0 radical (unpaired) electrons. The van der Waals surface area contributed by atoms with Crippen LogP contribution in [0.1, 0.15) is 139 Å². The number of carbonyl (C=O) groups excluding carboxylic acids is 3. The number of amides is 2. The van der Waals surface area contributed by atoms with Crippen LogP contribution in [0.4, 0.5) is 0 Å².